The molecule has 2 aliphatic heterocycles. The third-order valence-corrected chi connectivity index (χ3v) is 5.03. The summed E-state index contributed by atoms with van der Waals surface area (Å²) >= 11 is 0. The van der Waals surface area contributed by atoms with Crippen LogP contribution in [0.4, 0.5) is 10.1 Å². The molecule has 28 heavy (non-hydrogen) atoms. The van der Waals surface area contributed by atoms with Crippen LogP contribution in [0.25, 0.3) is 11.1 Å². The molecule has 2 N–H and O–H groups in total. The minimum Gasteiger partial charge on any atom is -0.482 e. The van der Waals surface area contributed by atoms with Crippen LogP contribution in [-0.4, -0.2) is 47.6 Å². The molecule has 0 aromatic heterocycles. The maximum absolute atomic E-state index is 13.4. The van der Waals surface area contributed by atoms with Gasteiger partial charge in [-0.2, -0.15) is 0 Å². The molecule has 2 heterocycles. The number of hydrogen-bond donors (Lipinski definition) is 2. The van der Waals surface area contributed by atoms with Crippen molar-refractivity contribution in [3.8, 4) is 5.75 Å². The monoisotopic (exact) mass is 382 g/mol. The molecule has 6 nitrogen and oxygen atoms in total. The van der Waals surface area contributed by atoms with Crippen LogP contribution in [0.3, 0.4) is 0 Å². The second-order valence-corrected chi connectivity index (χ2v) is 6.74. The maximum atomic E-state index is 13.4. The van der Waals surface area contributed by atoms with Gasteiger partial charge in [-0.1, -0.05) is 18.2 Å². The zero-order chi connectivity index (χ0) is 19.8. The van der Waals surface area contributed by atoms with Crippen molar-refractivity contribution in [3.63, 3.8) is 0 Å². The number of carbonyl (C=O) groups excluding carboxylic acids is 2. The highest BCUT2D eigenvalue weighted by Gasteiger charge is 2.37. The number of benzene rings is 2. The number of hydrogen-bond acceptors (Lipinski definition) is 4. The van der Waals surface area contributed by atoms with E-state index in [1.165, 1.54) is 12.1 Å². The fourth-order valence-corrected chi connectivity index (χ4v) is 3.73. The highest BCUT2D eigenvalue weighted by Crippen LogP contribution is 2.41. The summed E-state index contributed by atoms with van der Waals surface area (Å²) in [6, 6.07) is 10.8. The number of rotatable bonds is 4. The van der Waals surface area contributed by atoms with Crippen molar-refractivity contribution >= 4 is 28.6 Å². The molecule has 2 amide bonds. The van der Waals surface area contributed by atoms with Crippen molar-refractivity contribution in [2.45, 2.75) is 13.0 Å². The lowest BCUT2D eigenvalue weighted by atomic mass is 9.93. The first-order chi connectivity index (χ1) is 13.5. The Morgan fingerprint density at radius 3 is 2.61 bits per heavy atom. The fourth-order valence-electron chi connectivity index (χ4n) is 3.73. The van der Waals surface area contributed by atoms with Crippen LogP contribution in [0.15, 0.2) is 42.5 Å². The van der Waals surface area contributed by atoms with Crippen LogP contribution in [0.5, 0.6) is 5.75 Å². The van der Waals surface area contributed by atoms with Crippen LogP contribution < -0.4 is 10.1 Å². The third-order valence-electron chi connectivity index (χ3n) is 5.03. The number of β-amino-alcohol motifs (C(OH)–C–C–N with tert-alkyl or cyclic N) is 1. The highest BCUT2D eigenvalue weighted by atomic mass is 19.1. The molecule has 4 rings (SSSR count). The smallest absolute Gasteiger partial charge is 0.262 e. The normalized spacial score (nSPS) is 18.8. The van der Waals surface area contributed by atoms with Crippen molar-refractivity contribution < 1.29 is 23.8 Å². The molecular formula is C21H19FN2O4. The number of fused-ring (bicyclic) bond motifs is 1. The maximum Gasteiger partial charge on any atom is 0.262 e. The molecule has 1 unspecified atom stereocenters. The highest BCUT2D eigenvalue weighted by molar-refractivity contribution is 6.31. The van der Waals surface area contributed by atoms with E-state index in [0.29, 0.717) is 22.6 Å². The molecule has 0 bridgehead atoms. The Balaban J connectivity index is 1.86. The molecule has 1 atom stereocenters. The number of amides is 2. The van der Waals surface area contributed by atoms with Gasteiger partial charge in [-0.25, -0.2) is 4.39 Å². The Kier molecular flexibility index (Phi) is 4.60. The quantitative estimate of drug-likeness (QED) is 0.851. The van der Waals surface area contributed by atoms with E-state index in [2.05, 4.69) is 5.32 Å². The third kappa shape index (κ3) is 3.03. The molecule has 2 aromatic carbocycles. The molecule has 144 valence electrons. The van der Waals surface area contributed by atoms with Gasteiger partial charge in [0.05, 0.1) is 23.9 Å². The minimum absolute atomic E-state index is 0.0327. The lowest BCUT2D eigenvalue weighted by Gasteiger charge is -2.24. The number of ether oxygens (including phenoxy) is 1. The molecule has 0 fully saturated rings. The van der Waals surface area contributed by atoms with E-state index in [0.717, 1.165) is 11.1 Å². The Morgan fingerprint density at radius 2 is 1.89 bits per heavy atom. The van der Waals surface area contributed by atoms with E-state index in [1.807, 2.05) is 13.0 Å². The number of halogens is 1. The second-order valence-electron chi connectivity index (χ2n) is 6.74. The van der Waals surface area contributed by atoms with Gasteiger partial charge in [0.1, 0.15) is 11.6 Å². The number of nitrogens with one attached hydrogen (secondary N) is 1. The summed E-state index contributed by atoms with van der Waals surface area (Å²) in [6.07, 6.45) is 0. The number of aliphatic hydroxyl groups excluding tert-OH is 1. The lowest BCUT2D eigenvalue weighted by Crippen LogP contribution is -2.35. The zero-order valence-corrected chi connectivity index (χ0v) is 15.2. The van der Waals surface area contributed by atoms with Crippen molar-refractivity contribution in [3.05, 3.63) is 59.4 Å². The minimum atomic E-state index is -0.384. The number of carbonyl (C=O) groups is 2. The number of nitrogens with zero attached hydrogens (tertiary/aromatic N) is 1. The summed E-state index contributed by atoms with van der Waals surface area (Å²) in [5, 5.41) is 12.1. The van der Waals surface area contributed by atoms with Gasteiger partial charge in [0.25, 0.3) is 11.8 Å². The molecular weight excluding hydrogens is 363 g/mol. The molecule has 2 aliphatic rings. The standard InChI is InChI=1S/C21H19FN2O4/c1-12-19(14-4-7-17-16(10-14)23-18(26)11-28-17)20(21(27)24(12)8-9-25)13-2-5-15(22)6-3-13/h2-7,10,12,25H,8-9,11H2,1H3,(H,23,26). The van der Waals surface area contributed by atoms with Crippen LogP contribution in [-0.2, 0) is 9.59 Å². The van der Waals surface area contributed by atoms with Crippen molar-refractivity contribution in [1.29, 1.82) is 0 Å². The predicted molar refractivity (Wildman–Crippen MR) is 102 cm³/mol. The summed E-state index contributed by atoms with van der Waals surface area (Å²) < 4.78 is 18.8. The lowest BCUT2D eigenvalue weighted by molar-refractivity contribution is -0.125. The molecule has 0 aliphatic carbocycles. The fraction of sp³-hybridized carbons (Fsp3) is 0.238. The molecule has 0 saturated heterocycles. The van der Waals surface area contributed by atoms with Crippen LogP contribution >= 0.6 is 0 Å². The topological polar surface area (TPSA) is 78.9 Å². The van der Waals surface area contributed by atoms with Gasteiger partial charge in [-0.3, -0.25) is 9.59 Å². The summed E-state index contributed by atoms with van der Waals surface area (Å²) in [5.41, 5.74) is 3.12. The van der Waals surface area contributed by atoms with Gasteiger partial charge < -0.3 is 20.1 Å². The molecule has 0 radical (unpaired) electrons. The van der Waals surface area contributed by atoms with Crippen molar-refractivity contribution in [2.24, 2.45) is 0 Å². The predicted octanol–water partition coefficient (Wildman–Crippen LogP) is 2.29. The average Bonchev–Trinajstić information content (AvgIpc) is 2.93. The van der Waals surface area contributed by atoms with Gasteiger partial charge in [0, 0.05) is 6.54 Å². The van der Waals surface area contributed by atoms with Gasteiger partial charge in [-0.05, 0) is 47.9 Å². The summed E-state index contributed by atoms with van der Waals surface area (Å²) in [4.78, 5) is 26.3. The van der Waals surface area contributed by atoms with E-state index < -0.39 is 0 Å². The zero-order valence-electron chi connectivity index (χ0n) is 15.2. The van der Waals surface area contributed by atoms with E-state index >= 15 is 0 Å². The van der Waals surface area contributed by atoms with Crippen LogP contribution in [0, 0.1) is 5.82 Å². The SMILES string of the molecule is CC1C(c2ccc3c(c2)NC(=O)CO3)=C(c2ccc(F)cc2)C(=O)N1CCO. The van der Waals surface area contributed by atoms with Crippen LogP contribution in [0.1, 0.15) is 18.1 Å². The van der Waals surface area contributed by atoms with Gasteiger partial charge in [-0.15, -0.1) is 0 Å². The van der Waals surface area contributed by atoms with E-state index in [-0.39, 0.29) is 43.4 Å². The largest absolute Gasteiger partial charge is 0.482 e. The van der Waals surface area contributed by atoms with Crippen LogP contribution in [0.2, 0.25) is 0 Å². The summed E-state index contributed by atoms with van der Waals surface area (Å²) in [6.45, 7) is 1.89. The Bertz CT molecular complexity index is 984. The van der Waals surface area contributed by atoms with E-state index in [9.17, 15) is 19.1 Å². The van der Waals surface area contributed by atoms with Crippen molar-refractivity contribution in [2.75, 3.05) is 25.1 Å². The number of anilines is 1. The van der Waals surface area contributed by atoms with Crippen molar-refractivity contribution in [1.82, 2.24) is 4.90 Å². The van der Waals surface area contributed by atoms with Gasteiger partial charge in [0.2, 0.25) is 0 Å². The van der Waals surface area contributed by atoms with Gasteiger partial charge in [0.15, 0.2) is 6.61 Å². The Morgan fingerprint density at radius 1 is 1.18 bits per heavy atom. The second kappa shape index (κ2) is 7.09. The van der Waals surface area contributed by atoms with E-state index in [4.69, 9.17) is 4.74 Å². The molecule has 2 aromatic rings. The molecule has 0 spiro atoms. The summed E-state index contributed by atoms with van der Waals surface area (Å²) in [5.74, 6) is -0.280. The first-order valence-electron chi connectivity index (χ1n) is 8.98. The van der Waals surface area contributed by atoms with Gasteiger partial charge >= 0.3 is 0 Å². The molecule has 0 saturated carbocycles. The Labute approximate surface area is 161 Å². The Hall–Kier alpha value is -3.19. The first kappa shape index (κ1) is 18.2. The summed E-state index contributed by atoms with van der Waals surface area (Å²) in [7, 11) is 0. The molecule has 7 heteroatoms. The number of aliphatic hydroxyl groups is 1. The van der Waals surface area contributed by atoms with E-state index in [1.54, 1.807) is 29.2 Å². The average molecular weight is 382 g/mol. The first-order valence-corrected chi connectivity index (χ1v) is 8.98.